The molecule has 1 aromatic rings. The third-order valence-corrected chi connectivity index (χ3v) is 3.91. The first-order valence-corrected chi connectivity index (χ1v) is 7.95. The van der Waals surface area contributed by atoms with Crippen molar-refractivity contribution in [3.8, 4) is 0 Å². The largest absolute Gasteiger partial charge is 0.375 e. The second-order valence-electron chi connectivity index (χ2n) is 7.62. The van der Waals surface area contributed by atoms with Gasteiger partial charge in [-0.1, -0.05) is 30.3 Å². The molecule has 0 amide bonds. The lowest BCUT2D eigenvalue weighted by molar-refractivity contribution is -0.0260. The maximum absolute atomic E-state index is 5.92. The topological polar surface area (TPSA) is 24.5 Å². The van der Waals surface area contributed by atoms with Gasteiger partial charge >= 0.3 is 0 Å². The molecule has 0 spiro atoms. The van der Waals surface area contributed by atoms with E-state index in [9.17, 15) is 0 Å². The SMILES string of the molecule is CC1(C)CN(CCOC(C)(C)C)C(c2ccccc2)CN1. The van der Waals surface area contributed by atoms with Gasteiger partial charge in [-0.2, -0.15) is 0 Å². The number of piperazine rings is 1. The minimum atomic E-state index is -0.0637. The Morgan fingerprint density at radius 1 is 1.24 bits per heavy atom. The maximum Gasteiger partial charge on any atom is 0.0600 e. The lowest BCUT2D eigenvalue weighted by Crippen LogP contribution is -2.58. The number of nitrogens with one attached hydrogen (secondary N) is 1. The number of hydrogen-bond acceptors (Lipinski definition) is 3. The van der Waals surface area contributed by atoms with Crippen molar-refractivity contribution in [1.29, 1.82) is 0 Å². The van der Waals surface area contributed by atoms with Gasteiger partial charge in [-0.05, 0) is 40.2 Å². The van der Waals surface area contributed by atoms with Crippen LogP contribution in [0.4, 0.5) is 0 Å². The molecule has 1 N–H and O–H groups in total. The molecule has 2 rings (SSSR count). The highest BCUT2D eigenvalue weighted by Crippen LogP contribution is 2.26. The highest BCUT2D eigenvalue weighted by molar-refractivity contribution is 5.20. The molecule has 1 aliphatic heterocycles. The van der Waals surface area contributed by atoms with E-state index in [0.717, 1.165) is 26.2 Å². The summed E-state index contributed by atoms with van der Waals surface area (Å²) in [5.41, 5.74) is 1.48. The molecular formula is C18H30N2O. The van der Waals surface area contributed by atoms with Crippen molar-refractivity contribution in [1.82, 2.24) is 10.2 Å². The van der Waals surface area contributed by atoms with Gasteiger partial charge in [0.1, 0.15) is 0 Å². The molecule has 118 valence electrons. The number of hydrogen-bond donors (Lipinski definition) is 1. The van der Waals surface area contributed by atoms with Crippen LogP contribution in [-0.4, -0.2) is 42.3 Å². The van der Waals surface area contributed by atoms with Gasteiger partial charge in [0.05, 0.1) is 12.2 Å². The second kappa shape index (κ2) is 6.47. The first-order valence-electron chi connectivity index (χ1n) is 7.95. The Morgan fingerprint density at radius 2 is 1.90 bits per heavy atom. The van der Waals surface area contributed by atoms with Gasteiger partial charge in [-0.25, -0.2) is 0 Å². The molecule has 1 aromatic carbocycles. The van der Waals surface area contributed by atoms with E-state index in [-0.39, 0.29) is 11.1 Å². The predicted molar refractivity (Wildman–Crippen MR) is 88.5 cm³/mol. The van der Waals surface area contributed by atoms with Crippen LogP contribution in [0.1, 0.15) is 46.2 Å². The van der Waals surface area contributed by atoms with E-state index in [1.54, 1.807) is 0 Å². The number of rotatable bonds is 4. The van der Waals surface area contributed by atoms with Crippen LogP contribution in [0.25, 0.3) is 0 Å². The van der Waals surface area contributed by atoms with Crippen LogP contribution in [0.5, 0.6) is 0 Å². The summed E-state index contributed by atoms with van der Waals surface area (Å²) < 4.78 is 5.92. The Hall–Kier alpha value is -0.900. The van der Waals surface area contributed by atoms with Crippen molar-refractivity contribution in [2.75, 3.05) is 26.2 Å². The summed E-state index contributed by atoms with van der Waals surface area (Å²) in [5.74, 6) is 0. The third-order valence-electron chi connectivity index (χ3n) is 3.91. The minimum absolute atomic E-state index is 0.0637. The van der Waals surface area contributed by atoms with Gasteiger partial charge in [0.15, 0.2) is 0 Å². The van der Waals surface area contributed by atoms with Crippen molar-refractivity contribution >= 4 is 0 Å². The molecule has 1 unspecified atom stereocenters. The molecule has 3 heteroatoms. The van der Waals surface area contributed by atoms with E-state index in [0.29, 0.717) is 6.04 Å². The van der Waals surface area contributed by atoms with Gasteiger partial charge in [-0.3, -0.25) is 4.90 Å². The molecule has 1 atom stereocenters. The van der Waals surface area contributed by atoms with E-state index >= 15 is 0 Å². The van der Waals surface area contributed by atoms with Crippen molar-refractivity contribution in [3.05, 3.63) is 35.9 Å². The predicted octanol–water partition coefficient (Wildman–Crippen LogP) is 3.23. The summed E-state index contributed by atoms with van der Waals surface area (Å²) >= 11 is 0. The average Bonchev–Trinajstić information content (AvgIpc) is 2.37. The standard InChI is InChI=1S/C18H30N2O/c1-17(2,3)21-12-11-20-14-18(4,5)19-13-16(20)15-9-7-6-8-10-15/h6-10,16,19H,11-14H2,1-5H3. The van der Waals surface area contributed by atoms with Gasteiger partial charge in [0.25, 0.3) is 0 Å². The minimum Gasteiger partial charge on any atom is -0.375 e. The van der Waals surface area contributed by atoms with Gasteiger partial charge in [0, 0.05) is 31.2 Å². The fraction of sp³-hybridized carbons (Fsp3) is 0.667. The summed E-state index contributed by atoms with van der Waals surface area (Å²) in [6, 6.07) is 11.2. The Bertz CT molecular complexity index is 436. The van der Waals surface area contributed by atoms with Crippen LogP contribution in [0, 0.1) is 0 Å². The van der Waals surface area contributed by atoms with Crippen LogP contribution in [-0.2, 0) is 4.74 Å². The van der Waals surface area contributed by atoms with Crippen LogP contribution in [0.3, 0.4) is 0 Å². The van der Waals surface area contributed by atoms with E-state index < -0.39 is 0 Å². The molecule has 0 aliphatic carbocycles. The molecule has 3 nitrogen and oxygen atoms in total. The highest BCUT2D eigenvalue weighted by Gasteiger charge is 2.33. The fourth-order valence-corrected chi connectivity index (χ4v) is 2.88. The zero-order valence-corrected chi connectivity index (χ0v) is 14.1. The summed E-state index contributed by atoms with van der Waals surface area (Å²) in [6.45, 7) is 14.7. The molecule has 0 bridgehead atoms. The molecule has 0 radical (unpaired) electrons. The molecule has 21 heavy (non-hydrogen) atoms. The number of benzene rings is 1. The van der Waals surface area contributed by atoms with E-state index in [1.165, 1.54) is 5.56 Å². The van der Waals surface area contributed by atoms with Crippen LogP contribution in [0.2, 0.25) is 0 Å². The Kier molecular flexibility index (Phi) is 5.07. The Labute approximate surface area is 129 Å². The van der Waals surface area contributed by atoms with Crippen LogP contribution < -0.4 is 5.32 Å². The highest BCUT2D eigenvalue weighted by atomic mass is 16.5. The van der Waals surface area contributed by atoms with E-state index in [2.05, 4.69) is 75.2 Å². The summed E-state index contributed by atoms with van der Waals surface area (Å²) in [6.07, 6.45) is 0. The second-order valence-corrected chi connectivity index (χ2v) is 7.62. The molecular weight excluding hydrogens is 260 g/mol. The van der Waals surface area contributed by atoms with E-state index in [4.69, 9.17) is 4.74 Å². The quantitative estimate of drug-likeness (QED) is 0.921. The van der Waals surface area contributed by atoms with Crippen molar-refractivity contribution in [2.24, 2.45) is 0 Å². The third kappa shape index (κ3) is 5.10. The van der Waals surface area contributed by atoms with Gasteiger partial charge < -0.3 is 10.1 Å². The van der Waals surface area contributed by atoms with E-state index in [1.807, 2.05) is 0 Å². The smallest absolute Gasteiger partial charge is 0.0600 e. The lowest BCUT2D eigenvalue weighted by atomic mass is 9.95. The molecule has 0 saturated carbocycles. The normalized spacial score (nSPS) is 23.2. The molecule has 1 saturated heterocycles. The molecule has 0 aromatic heterocycles. The number of ether oxygens (including phenoxy) is 1. The summed E-state index contributed by atoms with van der Waals surface area (Å²) in [5, 5.41) is 3.66. The Morgan fingerprint density at radius 3 is 2.52 bits per heavy atom. The number of nitrogens with zero attached hydrogens (tertiary/aromatic N) is 1. The molecule has 1 heterocycles. The van der Waals surface area contributed by atoms with Crippen LogP contribution in [0.15, 0.2) is 30.3 Å². The monoisotopic (exact) mass is 290 g/mol. The van der Waals surface area contributed by atoms with Crippen LogP contribution >= 0.6 is 0 Å². The fourth-order valence-electron chi connectivity index (χ4n) is 2.88. The Balaban J connectivity index is 2.04. The maximum atomic E-state index is 5.92. The summed E-state index contributed by atoms with van der Waals surface area (Å²) in [7, 11) is 0. The zero-order valence-electron chi connectivity index (χ0n) is 14.1. The van der Waals surface area contributed by atoms with Crippen molar-refractivity contribution in [3.63, 3.8) is 0 Å². The average molecular weight is 290 g/mol. The van der Waals surface area contributed by atoms with Crippen molar-refractivity contribution < 1.29 is 4.74 Å². The molecule has 1 fully saturated rings. The van der Waals surface area contributed by atoms with Gasteiger partial charge in [-0.15, -0.1) is 0 Å². The summed E-state index contributed by atoms with van der Waals surface area (Å²) in [4.78, 5) is 2.55. The molecule has 1 aliphatic rings. The van der Waals surface area contributed by atoms with Crippen molar-refractivity contribution in [2.45, 2.75) is 51.8 Å². The first kappa shape index (κ1) is 16.5. The first-order chi connectivity index (χ1) is 9.77. The zero-order chi connectivity index (χ0) is 15.5. The van der Waals surface area contributed by atoms with Gasteiger partial charge in [0.2, 0.25) is 0 Å². The lowest BCUT2D eigenvalue weighted by Gasteiger charge is -2.45.